The zero-order valence-corrected chi connectivity index (χ0v) is 13.5. The van der Waals surface area contributed by atoms with Crippen molar-refractivity contribution in [1.82, 2.24) is 0 Å². The van der Waals surface area contributed by atoms with Crippen LogP contribution in [0.5, 0.6) is 0 Å². The smallest absolute Gasteiger partial charge is 1.00 e. The van der Waals surface area contributed by atoms with Gasteiger partial charge in [0.1, 0.15) is 0 Å². The first kappa shape index (κ1) is 24.5. The molecule has 0 nitrogen and oxygen atoms in total. The quantitative estimate of drug-likeness (QED) is 0.258. The molecule has 0 heterocycles. The fraction of sp³-hybridized carbons (Fsp3) is 0. The standard InChI is InChI=1S/2Mo.Pb.S2.2H/c;;;1-2;;/q;;;-2;;. The van der Waals surface area contributed by atoms with Gasteiger partial charge in [-0.2, -0.15) is 0 Å². The maximum Gasteiger partial charge on any atom is -1.00 e. The third-order valence-electron chi connectivity index (χ3n) is 0. The molecule has 0 aliphatic rings. The molecular weight excluding hydrogens is 463 g/mol. The zero-order chi connectivity index (χ0) is 2.00. The van der Waals surface area contributed by atoms with Gasteiger partial charge in [-0.05, 0) is 0 Å². The van der Waals surface area contributed by atoms with Crippen LogP contribution in [0.2, 0.25) is 0 Å². The van der Waals surface area contributed by atoms with Crippen LogP contribution in [0.3, 0.4) is 0 Å². The van der Waals surface area contributed by atoms with Gasteiger partial charge in [-0.3, -0.25) is 0 Å². The molecule has 0 N–H and O–H groups in total. The van der Waals surface area contributed by atoms with Crippen molar-refractivity contribution in [3.8, 4) is 0 Å². The van der Waals surface area contributed by atoms with Gasteiger partial charge in [0, 0.05) is 42.1 Å². The normalized spacial score (nSPS) is 1.20. The minimum absolute atomic E-state index is 0. The fourth-order valence-electron chi connectivity index (χ4n) is 0. The Kier molecular flexibility index (Phi) is 137. The average Bonchev–Trinajstić information content (AvgIpc) is 1.00. The summed E-state index contributed by atoms with van der Waals surface area (Å²) in [5.41, 5.74) is 0. The van der Waals surface area contributed by atoms with Gasteiger partial charge in [0.05, 0.1) is 0 Å². The van der Waals surface area contributed by atoms with Crippen molar-refractivity contribution in [1.29, 1.82) is 0 Å². The summed E-state index contributed by atoms with van der Waals surface area (Å²) in [5.74, 6) is 0. The molecule has 5 heteroatoms. The molecule has 0 spiro atoms. The first-order chi connectivity index (χ1) is 1.00. The second-order valence-electron chi connectivity index (χ2n) is 0. The molecule has 0 bridgehead atoms. The van der Waals surface area contributed by atoms with Gasteiger partial charge in [0.25, 0.3) is 0 Å². The van der Waals surface area contributed by atoms with E-state index in [2.05, 4.69) is 23.3 Å². The topological polar surface area (TPSA) is 0 Å². The Balaban J connectivity index is -0.00000000167. The summed E-state index contributed by atoms with van der Waals surface area (Å²) in [4.78, 5) is 0. The molecule has 32 valence electrons. The average molecular weight is 465 g/mol. The van der Waals surface area contributed by atoms with E-state index in [1.165, 1.54) is 0 Å². The van der Waals surface area contributed by atoms with Crippen molar-refractivity contribution in [3.63, 3.8) is 0 Å². The number of hydrogen-bond acceptors (Lipinski definition) is 2. The van der Waals surface area contributed by atoms with E-state index >= 15 is 0 Å². The SMILES string of the molecule is [Mo].[Mo].[PbH2].[S-][S-]. The van der Waals surface area contributed by atoms with E-state index in [0.29, 0.717) is 0 Å². The monoisotopic (exact) mass is 470 g/mol. The summed E-state index contributed by atoms with van der Waals surface area (Å²) < 4.78 is 0. The molecule has 5 heavy (non-hydrogen) atoms. The molecule has 0 aromatic carbocycles. The largest absolute Gasteiger partial charge is 1.00 e. The van der Waals surface area contributed by atoms with Crippen molar-refractivity contribution < 1.29 is 42.1 Å². The Hall–Kier alpha value is 3.00. The molecular formula is H2Mo2PbS2-2. The molecule has 0 aliphatic heterocycles. The van der Waals surface area contributed by atoms with Crippen molar-refractivity contribution in [3.05, 3.63) is 0 Å². The van der Waals surface area contributed by atoms with E-state index in [-0.39, 0.29) is 69.4 Å². The summed E-state index contributed by atoms with van der Waals surface area (Å²) in [5, 5.41) is 0. The number of hydrogen-bond donors (Lipinski definition) is 0. The molecule has 2 radical (unpaired) electrons. The van der Waals surface area contributed by atoms with Crippen molar-refractivity contribution in [2.24, 2.45) is 0 Å². The molecule has 0 fully saturated rings. The van der Waals surface area contributed by atoms with E-state index in [0.717, 1.165) is 0 Å². The third-order valence-corrected chi connectivity index (χ3v) is 0. The van der Waals surface area contributed by atoms with Gasteiger partial charge < -0.3 is 23.3 Å². The maximum absolute atomic E-state index is 3.67. The summed E-state index contributed by atoms with van der Waals surface area (Å²) in [6.45, 7) is 0. The van der Waals surface area contributed by atoms with Crippen LogP contribution in [0.4, 0.5) is 0 Å². The first-order valence-electron chi connectivity index (χ1n) is 0.167. The predicted molar refractivity (Wildman–Crippen MR) is 23.3 cm³/mol. The minimum Gasteiger partial charge on any atom is -1.00 e. The van der Waals surface area contributed by atoms with Crippen molar-refractivity contribution >= 4 is 50.6 Å². The van der Waals surface area contributed by atoms with E-state index in [1.807, 2.05) is 0 Å². The van der Waals surface area contributed by atoms with Crippen LogP contribution < -0.4 is 0 Å². The van der Waals surface area contributed by atoms with Gasteiger partial charge >= 0.3 is 27.3 Å². The van der Waals surface area contributed by atoms with Crippen molar-refractivity contribution in [2.75, 3.05) is 0 Å². The first-order valence-corrected chi connectivity index (χ1v) is 1.50. The molecule has 0 unspecified atom stereocenters. The maximum atomic E-state index is 3.67. The summed E-state index contributed by atoms with van der Waals surface area (Å²) in [6, 6.07) is 0. The van der Waals surface area contributed by atoms with E-state index in [4.69, 9.17) is 0 Å². The van der Waals surface area contributed by atoms with Crippen molar-refractivity contribution in [2.45, 2.75) is 0 Å². The minimum atomic E-state index is 0. The molecule has 0 saturated heterocycles. The molecule has 0 atom stereocenters. The van der Waals surface area contributed by atoms with Crippen LogP contribution in [0.25, 0.3) is 0 Å². The Labute approximate surface area is 91.1 Å². The summed E-state index contributed by atoms with van der Waals surface area (Å²) >= 11 is 7.33. The Morgan fingerprint density at radius 1 is 0.800 bits per heavy atom. The Morgan fingerprint density at radius 2 is 0.800 bits per heavy atom. The molecule has 0 rings (SSSR count). The van der Waals surface area contributed by atoms with Gasteiger partial charge in [-0.25, -0.2) is 0 Å². The van der Waals surface area contributed by atoms with Crippen LogP contribution in [-0.2, 0) is 65.5 Å². The van der Waals surface area contributed by atoms with E-state index in [9.17, 15) is 0 Å². The fourth-order valence-corrected chi connectivity index (χ4v) is 0. The molecule has 0 aromatic heterocycles. The molecule has 0 aliphatic carbocycles. The van der Waals surface area contributed by atoms with Gasteiger partial charge in [-0.1, -0.05) is 0 Å². The van der Waals surface area contributed by atoms with Crippen LogP contribution in [0, 0.1) is 0 Å². The zero-order valence-electron chi connectivity index (χ0n) is 2.34. The van der Waals surface area contributed by atoms with Gasteiger partial charge in [0.15, 0.2) is 0 Å². The second kappa shape index (κ2) is 28.0. The van der Waals surface area contributed by atoms with Crippen LogP contribution >= 0.6 is 0 Å². The third kappa shape index (κ3) is 19.4. The van der Waals surface area contributed by atoms with Crippen LogP contribution in [0.15, 0.2) is 0 Å². The summed E-state index contributed by atoms with van der Waals surface area (Å²) in [6.07, 6.45) is 0. The molecule has 0 amide bonds. The Morgan fingerprint density at radius 3 is 0.800 bits per heavy atom. The van der Waals surface area contributed by atoms with Crippen LogP contribution in [-0.4, -0.2) is 27.3 Å². The predicted octanol–water partition coefficient (Wildman–Crippen LogP) is -0.926. The van der Waals surface area contributed by atoms with E-state index < -0.39 is 0 Å². The number of rotatable bonds is 0. The van der Waals surface area contributed by atoms with E-state index in [1.54, 1.807) is 0 Å². The molecule has 0 saturated carbocycles. The van der Waals surface area contributed by atoms with Crippen LogP contribution in [0.1, 0.15) is 0 Å². The molecule has 0 aromatic rings. The summed E-state index contributed by atoms with van der Waals surface area (Å²) in [7, 11) is 0. The van der Waals surface area contributed by atoms with Gasteiger partial charge in [0.2, 0.25) is 0 Å². The Bertz CT molecular complexity index is 7.61. The van der Waals surface area contributed by atoms with Gasteiger partial charge in [-0.15, -0.1) is 0 Å². The second-order valence-corrected chi connectivity index (χ2v) is 0.